The van der Waals surface area contributed by atoms with Crippen molar-refractivity contribution >= 4 is 17.4 Å². The van der Waals surface area contributed by atoms with Gasteiger partial charge in [-0.2, -0.15) is 0 Å². The molecule has 3 N–H and O–H groups in total. The molecule has 0 radical (unpaired) electrons. The van der Waals surface area contributed by atoms with Crippen molar-refractivity contribution in [1.29, 1.82) is 0 Å². The maximum atomic E-state index is 11.9. The molecule has 106 valence electrons. The first-order valence-electron chi connectivity index (χ1n) is 6.77. The van der Waals surface area contributed by atoms with Crippen molar-refractivity contribution < 1.29 is 4.79 Å². The number of carbonyl (C=O) groups is 1. The number of aromatic nitrogens is 1. The Labute approximate surface area is 115 Å². The molecule has 0 aromatic carbocycles. The lowest BCUT2D eigenvalue weighted by Gasteiger charge is -2.20. The Hall–Kier alpha value is -1.62. The maximum Gasteiger partial charge on any atom is 0.228 e. The summed E-state index contributed by atoms with van der Waals surface area (Å²) in [5, 5.41) is 2.83. The van der Waals surface area contributed by atoms with E-state index in [9.17, 15) is 4.79 Å². The molecule has 1 aromatic rings. The van der Waals surface area contributed by atoms with Gasteiger partial charge in [-0.15, -0.1) is 0 Å². The molecule has 5 heteroatoms. The van der Waals surface area contributed by atoms with Crippen molar-refractivity contribution in [3.8, 4) is 0 Å². The lowest BCUT2D eigenvalue weighted by molar-refractivity contribution is -0.119. The van der Waals surface area contributed by atoms with Gasteiger partial charge in [-0.25, -0.2) is 4.98 Å². The normalized spacial score (nSPS) is 13.7. The van der Waals surface area contributed by atoms with Gasteiger partial charge in [-0.1, -0.05) is 6.92 Å². The van der Waals surface area contributed by atoms with Crippen LogP contribution in [0.3, 0.4) is 0 Å². The van der Waals surface area contributed by atoms with Gasteiger partial charge >= 0.3 is 0 Å². The van der Waals surface area contributed by atoms with Crippen molar-refractivity contribution in [2.45, 2.75) is 33.7 Å². The van der Waals surface area contributed by atoms with Crippen molar-refractivity contribution in [2.75, 3.05) is 23.3 Å². The SMILES string of the molecule is CCN(CC)c1ccc(NC(=O)C(C)C(C)N)cn1. The van der Waals surface area contributed by atoms with E-state index in [1.54, 1.807) is 6.20 Å². The van der Waals surface area contributed by atoms with Crippen LogP contribution in [0.5, 0.6) is 0 Å². The number of hydrogen-bond donors (Lipinski definition) is 2. The van der Waals surface area contributed by atoms with E-state index in [0.29, 0.717) is 5.69 Å². The number of anilines is 2. The number of carbonyl (C=O) groups excluding carboxylic acids is 1. The minimum atomic E-state index is -0.220. The molecule has 0 bridgehead atoms. The molecule has 0 aliphatic heterocycles. The summed E-state index contributed by atoms with van der Waals surface area (Å²) in [7, 11) is 0. The van der Waals surface area contributed by atoms with Gasteiger partial charge in [0.05, 0.1) is 17.8 Å². The van der Waals surface area contributed by atoms with Crippen LogP contribution in [-0.4, -0.2) is 30.0 Å². The van der Waals surface area contributed by atoms with E-state index >= 15 is 0 Å². The van der Waals surface area contributed by atoms with E-state index in [0.717, 1.165) is 18.9 Å². The highest BCUT2D eigenvalue weighted by Gasteiger charge is 2.17. The van der Waals surface area contributed by atoms with Crippen molar-refractivity contribution in [3.63, 3.8) is 0 Å². The predicted molar refractivity (Wildman–Crippen MR) is 79.2 cm³/mol. The van der Waals surface area contributed by atoms with Crippen molar-refractivity contribution in [3.05, 3.63) is 18.3 Å². The second-order valence-electron chi connectivity index (χ2n) is 4.71. The molecule has 2 unspecified atom stereocenters. The van der Waals surface area contributed by atoms with E-state index in [4.69, 9.17) is 5.73 Å². The number of nitrogens with one attached hydrogen (secondary N) is 1. The Morgan fingerprint density at radius 3 is 2.42 bits per heavy atom. The van der Waals surface area contributed by atoms with Gasteiger partial charge in [-0.05, 0) is 32.9 Å². The molecule has 5 nitrogen and oxygen atoms in total. The van der Waals surface area contributed by atoms with Crippen molar-refractivity contribution in [2.24, 2.45) is 11.7 Å². The number of hydrogen-bond acceptors (Lipinski definition) is 4. The van der Waals surface area contributed by atoms with Gasteiger partial charge in [0.1, 0.15) is 5.82 Å². The zero-order valence-corrected chi connectivity index (χ0v) is 12.2. The Bertz CT molecular complexity index is 398. The molecule has 1 heterocycles. The number of nitrogens with two attached hydrogens (primary N) is 1. The smallest absolute Gasteiger partial charge is 0.228 e. The number of rotatable bonds is 6. The Morgan fingerprint density at radius 2 is 2.00 bits per heavy atom. The largest absolute Gasteiger partial charge is 0.357 e. The van der Waals surface area contributed by atoms with E-state index in [-0.39, 0.29) is 17.9 Å². The highest BCUT2D eigenvalue weighted by Crippen LogP contribution is 2.15. The van der Waals surface area contributed by atoms with Crippen LogP contribution >= 0.6 is 0 Å². The van der Waals surface area contributed by atoms with E-state index < -0.39 is 0 Å². The molecular weight excluding hydrogens is 240 g/mol. The molecule has 1 rings (SSSR count). The minimum Gasteiger partial charge on any atom is -0.357 e. The Morgan fingerprint density at radius 1 is 1.37 bits per heavy atom. The van der Waals surface area contributed by atoms with E-state index in [1.165, 1.54) is 0 Å². The molecule has 0 saturated carbocycles. The molecule has 0 aliphatic rings. The predicted octanol–water partition coefficient (Wildman–Crippen LogP) is 1.85. The van der Waals surface area contributed by atoms with Crippen LogP contribution in [0.15, 0.2) is 18.3 Å². The van der Waals surface area contributed by atoms with Gasteiger partial charge in [-0.3, -0.25) is 4.79 Å². The number of nitrogens with zero attached hydrogens (tertiary/aromatic N) is 2. The summed E-state index contributed by atoms with van der Waals surface area (Å²) in [6, 6.07) is 3.62. The topological polar surface area (TPSA) is 71.2 Å². The third-order valence-electron chi connectivity index (χ3n) is 3.31. The summed E-state index contributed by atoms with van der Waals surface area (Å²) in [4.78, 5) is 18.4. The monoisotopic (exact) mass is 264 g/mol. The van der Waals surface area contributed by atoms with Crippen molar-refractivity contribution in [1.82, 2.24) is 4.98 Å². The summed E-state index contributed by atoms with van der Waals surface area (Å²) in [6.45, 7) is 9.65. The zero-order chi connectivity index (χ0) is 14.4. The van der Waals surface area contributed by atoms with Gasteiger partial charge < -0.3 is 16.0 Å². The molecule has 0 spiro atoms. The average molecular weight is 264 g/mol. The summed E-state index contributed by atoms with van der Waals surface area (Å²) in [5.41, 5.74) is 6.41. The molecule has 1 amide bonds. The lowest BCUT2D eigenvalue weighted by atomic mass is 10.0. The second kappa shape index (κ2) is 7.09. The van der Waals surface area contributed by atoms with Crippen LogP contribution in [0.25, 0.3) is 0 Å². The summed E-state index contributed by atoms with van der Waals surface area (Å²) < 4.78 is 0. The first kappa shape index (κ1) is 15.4. The van der Waals surface area contributed by atoms with Gasteiger partial charge in [0.2, 0.25) is 5.91 Å². The lowest BCUT2D eigenvalue weighted by Crippen LogP contribution is -2.34. The third-order valence-corrected chi connectivity index (χ3v) is 3.31. The first-order chi connectivity index (χ1) is 8.99. The van der Waals surface area contributed by atoms with Gasteiger partial charge in [0, 0.05) is 19.1 Å². The molecular formula is C14H24N4O. The van der Waals surface area contributed by atoms with Crippen LogP contribution < -0.4 is 16.0 Å². The highest BCUT2D eigenvalue weighted by molar-refractivity contribution is 5.92. The van der Waals surface area contributed by atoms with E-state index in [1.807, 2.05) is 26.0 Å². The fourth-order valence-corrected chi connectivity index (χ4v) is 1.69. The Kier molecular flexibility index (Phi) is 5.76. The molecule has 0 fully saturated rings. The van der Waals surface area contributed by atoms with Crippen LogP contribution in [0.4, 0.5) is 11.5 Å². The minimum absolute atomic E-state index is 0.0765. The Balaban J connectivity index is 2.69. The zero-order valence-electron chi connectivity index (χ0n) is 12.2. The maximum absolute atomic E-state index is 11.9. The van der Waals surface area contributed by atoms with Crippen LogP contribution in [0.2, 0.25) is 0 Å². The fourth-order valence-electron chi connectivity index (χ4n) is 1.69. The summed E-state index contributed by atoms with van der Waals surface area (Å²) in [5.74, 6) is 0.623. The highest BCUT2D eigenvalue weighted by atomic mass is 16.1. The molecule has 0 saturated heterocycles. The quantitative estimate of drug-likeness (QED) is 0.822. The van der Waals surface area contributed by atoms with Gasteiger partial charge in [0.25, 0.3) is 0 Å². The van der Waals surface area contributed by atoms with Crippen LogP contribution in [0.1, 0.15) is 27.7 Å². The second-order valence-corrected chi connectivity index (χ2v) is 4.71. The molecule has 2 atom stereocenters. The number of pyridine rings is 1. The molecule has 19 heavy (non-hydrogen) atoms. The van der Waals surface area contributed by atoms with Crippen LogP contribution in [-0.2, 0) is 4.79 Å². The standard InChI is InChI=1S/C14H24N4O/c1-5-18(6-2)13-8-7-12(9-16-13)17-14(19)10(3)11(4)15/h7-11H,5-6,15H2,1-4H3,(H,17,19). The fraction of sp³-hybridized carbons (Fsp3) is 0.571. The number of amides is 1. The van der Waals surface area contributed by atoms with Gasteiger partial charge in [0.15, 0.2) is 0 Å². The van der Waals surface area contributed by atoms with Crippen LogP contribution in [0, 0.1) is 5.92 Å². The van der Waals surface area contributed by atoms with E-state index in [2.05, 4.69) is 29.0 Å². The summed E-state index contributed by atoms with van der Waals surface area (Å²) >= 11 is 0. The molecule has 1 aromatic heterocycles. The third kappa shape index (κ3) is 4.21. The molecule has 0 aliphatic carbocycles. The average Bonchev–Trinajstić information content (AvgIpc) is 2.41. The first-order valence-corrected chi connectivity index (χ1v) is 6.77. The summed E-state index contributed by atoms with van der Waals surface area (Å²) in [6.07, 6.45) is 1.68.